The van der Waals surface area contributed by atoms with Crippen molar-refractivity contribution < 1.29 is 19.1 Å². The van der Waals surface area contributed by atoms with Gasteiger partial charge in [0.2, 0.25) is 0 Å². The lowest BCUT2D eigenvalue weighted by Gasteiger charge is -2.35. The zero-order valence-corrected chi connectivity index (χ0v) is 21.1. The van der Waals surface area contributed by atoms with E-state index in [0.29, 0.717) is 23.6 Å². The van der Waals surface area contributed by atoms with Gasteiger partial charge in [0, 0.05) is 28.6 Å². The van der Waals surface area contributed by atoms with E-state index in [2.05, 4.69) is 34.9 Å². The van der Waals surface area contributed by atoms with Gasteiger partial charge in [0.05, 0.1) is 18.8 Å². The van der Waals surface area contributed by atoms with Gasteiger partial charge in [-0.15, -0.1) is 0 Å². The molecule has 0 radical (unpaired) electrons. The number of carbonyl (C=O) groups is 2. The molecule has 190 valence electrons. The largest absolute Gasteiger partial charge is 0.493 e. The van der Waals surface area contributed by atoms with Crippen LogP contribution in [0, 0.1) is 0 Å². The van der Waals surface area contributed by atoms with E-state index in [0.717, 1.165) is 51.6 Å². The highest BCUT2D eigenvalue weighted by atomic mass is 16.5. The number of ketones is 1. The van der Waals surface area contributed by atoms with Crippen molar-refractivity contribution in [3.05, 3.63) is 102 Å². The number of methoxy groups -OCH3 is 1. The van der Waals surface area contributed by atoms with Crippen molar-refractivity contribution in [3.63, 3.8) is 0 Å². The summed E-state index contributed by atoms with van der Waals surface area (Å²) in [6, 6.07) is 27.1. The van der Waals surface area contributed by atoms with Crippen LogP contribution >= 0.6 is 0 Å². The number of amides is 1. The number of para-hydroxylation sites is 1. The van der Waals surface area contributed by atoms with Gasteiger partial charge < -0.3 is 20.1 Å². The molecule has 38 heavy (non-hydrogen) atoms. The van der Waals surface area contributed by atoms with Gasteiger partial charge >= 0.3 is 0 Å². The number of nitrogens with one attached hydrogen (secondary N) is 2. The Hall–Kier alpha value is -4.58. The third-order valence-electron chi connectivity index (χ3n) is 7.22. The highest BCUT2D eigenvalue weighted by Gasteiger charge is 2.35. The summed E-state index contributed by atoms with van der Waals surface area (Å²) in [5.74, 6) is 0.887. The van der Waals surface area contributed by atoms with E-state index in [9.17, 15) is 9.59 Å². The van der Waals surface area contributed by atoms with E-state index in [-0.39, 0.29) is 24.3 Å². The standard InChI is InChI=1S/C32H28N2O4/c1-37-28-18-21(15-17-27(28)38-19-29(36)33-22-9-3-2-4-10-22)31-30-24(12-7-13-26(30)35)25-16-14-20-8-5-6-11-23(20)32(25)34-31/h2-6,8-11,14-18,31,34H,7,12-13,19H2,1H3,(H,33,36). The monoisotopic (exact) mass is 504 g/mol. The average molecular weight is 505 g/mol. The van der Waals surface area contributed by atoms with E-state index in [1.54, 1.807) is 13.2 Å². The van der Waals surface area contributed by atoms with Crippen molar-refractivity contribution in [2.45, 2.75) is 25.3 Å². The molecule has 0 saturated heterocycles. The SMILES string of the molecule is COc1cc(C2Nc3c(ccc4ccccc34)C3=C2C(=O)CCC3)ccc1OCC(=O)Nc1ccccc1. The Labute approximate surface area is 221 Å². The molecule has 2 N–H and O–H groups in total. The molecule has 4 aromatic carbocycles. The van der Waals surface area contributed by atoms with Crippen LogP contribution < -0.4 is 20.1 Å². The van der Waals surface area contributed by atoms with Gasteiger partial charge in [0.25, 0.3) is 5.91 Å². The van der Waals surface area contributed by atoms with Crippen LogP contribution in [0.15, 0.2) is 90.5 Å². The molecule has 6 rings (SSSR count). The summed E-state index contributed by atoms with van der Waals surface area (Å²) in [5, 5.41) is 8.80. The summed E-state index contributed by atoms with van der Waals surface area (Å²) < 4.78 is 11.5. The van der Waals surface area contributed by atoms with E-state index in [1.807, 2.05) is 54.6 Å². The lowest BCUT2D eigenvalue weighted by atomic mass is 9.77. The number of benzene rings is 4. The number of hydrogen-bond acceptors (Lipinski definition) is 5. The first kappa shape index (κ1) is 23.8. The number of hydrogen-bond donors (Lipinski definition) is 2. The summed E-state index contributed by atoms with van der Waals surface area (Å²) in [6.07, 6.45) is 2.28. The normalized spacial score (nSPS) is 16.3. The van der Waals surface area contributed by atoms with E-state index in [1.165, 1.54) is 0 Å². The molecular formula is C32H28N2O4. The summed E-state index contributed by atoms with van der Waals surface area (Å²) in [5.41, 5.74) is 5.74. The van der Waals surface area contributed by atoms with Crippen molar-refractivity contribution in [2.24, 2.45) is 0 Å². The number of allylic oxidation sites excluding steroid dienone is 1. The molecule has 6 heteroatoms. The smallest absolute Gasteiger partial charge is 0.262 e. The topological polar surface area (TPSA) is 76.7 Å². The van der Waals surface area contributed by atoms with E-state index in [4.69, 9.17) is 9.47 Å². The zero-order chi connectivity index (χ0) is 26.1. The Bertz CT molecular complexity index is 1580. The van der Waals surface area contributed by atoms with Crippen LogP contribution in [0.4, 0.5) is 11.4 Å². The van der Waals surface area contributed by atoms with Crippen LogP contribution in [0.3, 0.4) is 0 Å². The Kier molecular flexibility index (Phi) is 6.30. The minimum absolute atomic E-state index is 0.153. The summed E-state index contributed by atoms with van der Waals surface area (Å²) >= 11 is 0. The number of Topliss-reactive ketones (excluding diaryl/α,β-unsaturated/α-hetero) is 1. The van der Waals surface area contributed by atoms with Crippen LogP contribution in [-0.2, 0) is 9.59 Å². The number of fused-ring (bicyclic) bond motifs is 4. The number of ether oxygens (including phenoxy) is 2. The molecule has 1 unspecified atom stereocenters. The summed E-state index contributed by atoms with van der Waals surface area (Å²) in [6.45, 7) is -0.153. The Morgan fingerprint density at radius 1 is 0.947 bits per heavy atom. The van der Waals surface area contributed by atoms with Crippen molar-refractivity contribution >= 4 is 39.4 Å². The fourth-order valence-electron chi connectivity index (χ4n) is 5.47. The van der Waals surface area contributed by atoms with Crippen molar-refractivity contribution in [3.8, 4) is 11.5 Å². The number of carbonyl (C=O) groups excluding carboxylic acids is 2. The summed E-state index contributed by atoms with van der Waals surface area (Å²) in [4.78, 5) is 25.6. The summed E-state index contributed by atoms with van der Waals surface area (Å²) in [7, 11) is 1.57. The molecule has 0 aromatic heterocycles. The molecule has 6 nitrogen and oxygen atoms in total. The van der Waals surface area contributed by atoms with Crippen LogP contribution in [0.2, 0.25) is 0 Å². The first-order valence-corrected chi connectivity index (χ1v) is 12.8. The fraction of sp³-hybridized carbons (Fsp3) is 0.188. The maximum Gasteiger partial charge on any atom is 0.262 e. The second kappa shape index (κ2) is 10.1. The molecule has 1 aliphatic carbocycles. The minimum atomic E-state index is -0.305. The van der Waals surface area contributed by atoms with Crippen molar-refractivity contribution in [2.75, 3.05) is 24.4 Å². The van der Waals surface area contributed by atoms with E-state index >= 15 is 0 Å². The Balaban J connectivity index is 1.31. The van der Waals surface area contributed by atoms with Gasteiger partial charge in [-0.05, 0) is 53.6 Å². The van der Waals surface area contributed by atoms with Crippen LogP contribution in [-0.4, -0.2) is 25.4 Å². The predicted octanol–water partition coefficient (Wildman–Crippen LogP) is 6.54. The molecule has 0 fully saturated rings. The molecule has 0 spiro atoms. The number of anilines is 2. The predicted molar refractivity (Wildman–Crippen MR) is 150 cm³/mol. The third-order valence-corrected chi connectivity index (χ3v) is 7.22. The van der Waals surface area contributed by atoms with Gasteiger partial charge in [-0.25, -0.2) is 0 Å². The highest BCUT2D eigenvalue weighted by Crippen LogP contribution is 2.48. The van der Waals surface area contributed by atoms with E-state index < -0.39 is 0 Å². The maximum atomic E-state index is 13.2. The van der Waals surface area contributed by atoms with Crippen LogP contribution in [0.5, 0.6) is 11.5 Å². The minimum Gasteiger partial charge on any atom is -0.493 e. The molecular weight excluding hydrogens is 476 g/mol. The van der Waals surface area contributed by atoms with Gasteiger partial charge in [0.15, 0.2) is 23.9 Å². The van der Waals surface area contributed by atoms with Gasteiger partial charge in [0.1, 0.15) is 0 Å². The lowest BCUT2D eigenvalue weighted by Crippen LogP contribution is -2.27. The quantitative estimate of drug-likeness (QED) is 0.312. The molecule has 1 heterocycles. The molecule has 1 aliphatic heterocycles. The first-order valence-electron chi connectivity index (χ1n) is 12.8. The molecule has 0 bridgehead atoms. The van der Waals surface area contributed by atoms with Crippen molar-refractivity contribution in [1.29, 1.82) is 0 Å². The third kappa shape index (κ3) is 4.39. The first-order chi connectivity index (χ1) is 18.6. The van der Waals surface area contributed by atoms with Crippen LogP contribution in [0.1, 0.15) is 36.4 Å². The second-order valence-electron chi connectivity index (χ2n) is 9.57. The number of rotatable bonds is 6. The van der Waals surface area contributed by atoms with Crippen LogP contribution in [0.25, 0.3) is 16.3 Å². The molecule has 0 saturated carbocycles. The second-order valence-corrected chi connectivity index (χ2v) is 9.57. The highest BCUT2D eigenvalue weighted by molar-refractivity contribution is 6.11. The molecule has 2 aliphatic rings. The molecule has 4 aromatic rings. The van der Waals surface area contributed by atoms with Gasteiger partial charge in [-0.1, -0.05) is 60.7 Å². The molecule has 1 amide bonds. The molecule has 1 atom stereocenters. The lowest BCUT2D eigenvalue weighted by molar-refractivity contribution is -0.118. The van der Waals surface area contributed by atoms with Crippen molar-refractivity contribution in [1.82, 2.24) is 0 Å². The Morgan fingerprint density at radius 2 is 1.76 bits per heavy atom. The fourth-order valence-corrected chi connectivity index (χ4v) is 5.47. The average Bonchev–Trinajstić information content (AvgIpc) is 2.96. The maximum absolute atomic E-state index is 13.2. The van der Waals surface area contributed by atoms with Gasteiger partial charge in [-0.2, -0.15) is 0 Å². The Morgan fingerprint density at radius 3 is 2.61 bits per heavy atom. The zero-order valence-electron chi connectivity index (χ0n) is 21.1. The van der Waals surface area contributed by atoms with Gasteiger partial charge in [-0.3, -0.25) is 9.59 Å².